The van der Waals surface area contributed by atoms with Crippen LogP contribution in [-0.4, -0.2) is 46.3 Å². The molecule has 10 heteroatoms. The summed E-state index contributed by atoms with van der Waals surface area (Å²) in [5.74, 6) is -0.271. The molecule has 0 saturated carbocycles. The SMILES string of the molecule is O=C(c1cccc2[nH]c(=O)[nH]c12)N1CCC(Oc2cccc(OC(F)(F)F)c2)CC1. The number of rotatable bonds is 4. The predicted molar refractivity (Wildman–Crippen MR) is 102 cm³/mol. The van der Waals surface area contributed by atoms with Gasteiger partial charge >= 0.3 is 12.1 Å². The number of imidazole rings is 1. The van der Waals surface area contributed by atoms with E-state index in [4.69, 9.17) is 4.74 Å². The van der Waals surface area contributed by atoms with Crippen molar-refractivity contribution in [2.45, 2.75) is 25.3 Å². The molecule has 0 unspecified atom stereocenters. The zero-order valence-electron chi connectivity index (χ0n) is 15.7. The van der Waals surface area contributed by atoms with Gasteiger partial charge in [-0.2, -0.15) is 0 Å². The highest BCUT2D eigenvalue weighted by Gasteiger charge is 2.31. The zero-order valence-corrected chi connectivity index (χ0v) is 15.7. The molecule has 158 valence electrons. The minimum atomic E-state index is -4.77. The van der Waals surface area contributed by atoms with E-state index in [2.05, 4.69) is 14.7 Å². The van der Waals surface area contributed by atoms with Gasteiger partial charge in [0.2, 0.25) is 0 Å². The third-order valence-corrected chi connectivity index (χ3v) is 4.85. The van der Waals surface area contributed by atoms with Gasteiger partial charge in [0.05, 0.1) is 16.6 Å². The maximum absolute atomic E-state index is 12.9. The quantitative estimate of drug-likeness (QED) is 0.676. The Morgan fingerprint density at radius 3 is 2.47 bits per heavy atom. The monoisotopic (exact) mass is 421 g/mol. The van der Waals surface area contributed by atoms with Gasteiger partial charge in [-0.15, -0.1) is 13.2 Å². The maximum Gasteiger partial charge on any atom is 0.573 e. The molecule has 0 spiro atoms. The van der Waals surface area contributed by atoms with Crippen LogP contribution in [0.25, 0.3) is 11.0 Å². The van der Waals surface area contributed by atoms with Gasteiger partial charge in [-0.1, -0.05) is 12.1 Å². The van der Waals surface area contributed by atoms with Crippen molar-refractivity contribution in [1.29, 1.82) is 0 Å². The van der Waals surface area contributed by atoms with E-state index in [0.29, 0.717) is 42.5 Å². The van der Waals surface area contributed by atoms with Crippen LogP contribution in [0.4, 0.5) is 13.2 Å². The fourth-order valence-electron chi connectivity index (χ4n) is 3.52. The minimum Gasteiger partial charge on any atom is -0.490 e. The average molecular weight is 421 g/mol. The Labute approximate surface area is 168 Å². The van der Waals surface area contributed by atoms with E-state index in [9.17, 15) is 22.8 Å². The van der Waals surface area contributed by atoms with Crippen LogP contribution in [0.5, 0.6) is 11.5 Å². The molecule has 3 aromatic rings. The number of halogens is 3. The van der Waals surface area contributed by atoms with E-state index >= 15 is 0 Å². The molecule has 1 aliphatic rings. The Hall–Kier alpha value is -3.43. The molecule has 7 nitrogen and oxygen atoms in total. The maximum atomic E-state index is 12.9. The van der Waals surface area contributed by atoms with Crippen LogP contribution in [0.2, 0.25) is 0 Å². The van der Waals surface area contributed by atoms with Crippen LogP contribution in [0, 0.1) is 0 Å². The Morgan fingerprint density at radius 1 is 1.03 bits per heavy atom. The summed E-state index contributed by atoms with van der Waals surface area (Å²) in [5.41, 5.74) is 1.05. The number of fused-ring (bicyclic) bond motifs is 1. The lowest BCUT2D eigenvalue weighted by Gasteiger charge is -2.32. The van der Waals surface area contributed by atoms with Crippen molar-refractivity contribution in [1.82, 2.24) is 14.9 Å². The fourth-order valence-corrected chi connectivity index (χ4v) is 3.52. The Kier molecular flexibility index (Phi) is 5.15. The fraction of sp³-hybridized carbons (Fsp3) is 0.300. The van der Waals surface area contributed by atoms with Crippen LogP contribution in [-0.2, 0) is 0 Å². The molecule has 1 amide bonds. The predicted octanol–water partition coefficient (Wildman–Crippen LogP) is 3.44. The second-order valence-corrected chi connectivity index (χ2v) is 6.94. The molecular weight excluding hydrogens is 403 g/mol. The number of likely N-dealkylation sites (tertiary alicyclic amines) is 1. The topological polar surface area (TPSA) is 87.4 Å². The van der Waals surface area contributed by atoms with E-state index in [1.54, 1.807) is 29.2 Å². The number of amides is 1. The highest BCUT2D eigenvalue weighted by Crippen LogP contribution is 2.28. The molecule has 0 bridgehead atoms. The highest BCUT2D eigenvalue weighted by molar-refractivity contribution is 6.04. The Balaban J connectivity index is 1.39. The normalized spacial score (nSPS) is 15.4. The smallest absolute Gasteiger partial charge is 0.490 e. The van der Waals surface area contributed by atoms with E-state index in [-0.39, 0.29) is 29.2 Å². The number of benzene rings is 2. The molecule has 1 fully saturated rings. The Morgan fingerprint density at radius 2 is 1.73 bits per heavy atom. The van der Waals surface area contributed by atoms with Crippen molar-refractivity contribution < 1.29 is 27.4 Å². The lowest BCUT2D eigenvalue weighted by molar-refractivity contribution is -0.274. The number of carbonyl (C=O) groups excluding carboxylic acids is 1. The van der Waals surface area contributed by atoms with Gasteiger partial charge in [-0.05, 0) is 24.3 Å². The summed E-state index contributed by atoms with van der Waals surface area (Å²) in [7, 11) is 0. The van der Waals surface area contributed by atoms with Gasteiger partial charge in [-0.25, -0.2) is 4.79 Å². The standard InChI is InChI=1S/C20H18F3N3O4/c21-20(22,23)30-14-4-1-3-13(11-14)29-12-7-9-26(10-8-12)18(27)15-5-2-6-16-17(15)25-19(28)24-16/h1-6,11-12H,7-10H2,(H2,24,25,28). The highest BCUT2D eigenvalue weighted by atomic mass is 19.4. The second kappa shape index (κ2) is 7.77. The second-order valence-electron chi connectivity index (χ2n) is 6.94. The summed E-state index contributed by atoms with van der Waals surface area (Å²) in [6.45, 7) is 0.848. The number of aromatic amines is 2. The first-order valence-electron chi connectivity index (χ1n) is 9.31. The van der Waals surface area contributed by atoms with Crippen molar-refractivity contribution in [2.75, 3.05) is 13.1 Å². The van der Waals surface area contributed by atoms with Gasteiger partial charge in [0.1, 0.15) is 17.6 Å². The first kappa shape index (κ1) is 19.9. The van der Waals surface area contributed by atoms with Crippen molar-refractivity contribution in [2.24, 2.45) is 0 Å². The van der Waals surface area contributed by atoms with Crippen LogP contribution in [0.3, 0.4) is 0 Å². The summed E-state index contributed by atoms with van der Waals surface area (Å²) in [6.07, 6.45) is -3.96. The van der Waals surface area contributed by atoms with Crippen molar-refractivity contribution in [3.8, 4) is 11.5 Å². The molecule has 0 radical (unpaired) electrons. The number of carbonyl (C=O) groups is 1. The molecule has 0 atom stereocenters. The minimum absolute atomic E-state index is 0.199. The first-order valence-corrected chi connectivity index (χ1v) is 9.31. The number of aromatic nitrogens is 2. The Bertz CT molecular complexity index is 1110. The summed E-state index contributed by atoms with van der Waals surface area (Å²) < 4.78 is 46.8. The van der Waals surface area contributed by atoms with Crippen molar-refractivity contribution >= 4 is 16.9 Å². The molecule has 1 aliphatic heterocycles. The number of H-pyrrole nitrogens is 2. The van der Waals surface area contributed by atoms with E-state index in [1.807, 2.05) is 0 Å². The van der Waals surface area contributed by atoms with Crippen molar-refractivity contribution in [3.63, 3.8) is 0 Å². The van der Waals surface area contributed by atoms with Gasteiger partial charge in [-0.3, -0.25) is 4.79 Å². The molecule has 1 aromatic heterocycles. The van der Waals surface area contributed by atoms with E-state index < -0.39 is 6.36 Å². The van der Waals surface area contributed by atoms with Crippen LogP contribution in [0.15, 0.2) is 47.3 Å². The van der Waals surface area contributed by atoms with Gasteiger partial charge in [0.25, 0.3) is 5.91 Å². The van der Waals surface area contributed by atoms with Gasteiger partial charge in [0.15, 0.2) is 0 Å². The van der Waals surface area contributed by atoms with E-state index in [1.165, 1.54) is 18.2 Å². The average Bonchev–Trinajstić information content (AvgIpc) is 3.07. The summed E-state index contributed by atoms with van der Waals surface area (Å²) in [6, 6.07) is 10.4. The lowest BCUT2D eigenvalue weighted by atomic mass is 10.1. The van der Waals surface area contributed by atoms with Gasteiger partial charge in [0, 0.05) is 32.0 Å². The molecule has 4 rings (SSSR count). The molecular formula is C20H18F3N3O4. The molecule has 2 N–H and O–H groups in total. The van der Waals surface area contributed by atoms with Crippen LogP contribution in [0.1, 0.15) is 23.2 Å². The summed E-state index contributed by atoms with van der Waals surface area (Å²) in [4.78, 5) is 31.4. The molecule has 2 aromatic carbocycles. The third kappa shape index (κ3) is 4.42. The lowest BCUT2D eigenvalue weighted by Crippen LogP contribution is -2.41. The number of para-hydroxylation sites is 1. The number of ether oxygens (including phenoxy) is 2. The zero-order chi connectivity index (χ0) is 21.3. The van der Waals surface area contributed by atoms with Crippen LogP contribution < -0.4 is 15.2 Å². The van der Waals surface area contributed by atoms with E-state index in [0.717, 1.165) is 0 Å². The summed E-state index contributed by atoms with van der Waals surface area (Å²) >= 11 is 0. The number of nitrogens with one attached hydrogen (secondary N) is 2. The number of nitrogens with zero attached hydrogens (tertiary/aromatic N) is 1. The number of hydrogen-bond acceptors (Lipinski definition) is 4. The number of alkyl halides is 3. The third-order valence-electron chi connectivity index (χ3n) is 4.85. The van der Waals surface area contributed by atoms with Crippen LogP contribution >= 0.6 is 0 Å². The first-order chi connectivity index (χ1) is 14.3. The molecule has 1 saturated heterocycles. The molecule has 0 aliphatic carbocycles. The largest absolute Gasteiger partial charge is 0.573 e. The number of piperidine rings is 1. The summed E-state index contributed by atoms with van der Waals surface area (Å²) in [5, 5.41) is 0. The molecule has 30 heavy (non-hydrogen) atoms. The van der Waals surface area contributed by atoms with Crippen molar-refractivity contribution in [3.05, 3.63) is 58.5 Å². The van der Waals surface area contributed by atoms with Gasteiger partial charge < -0.3 is 24.3 Å². The molecule has 2 heterocycles. The number of hydrogen-bond donors (Lipinski definition) is 2.